The van der Waals surface area contributed by atoms with Crippen LogP contribution in [0.15, 0.2) is 24.3 Å². The number of carbonyl (C=O) groups is 2. The van der Waals surface area contributed by atoms with Gasteiger partial charge in [-0.3, -0.25) is 9.59 Å². The van der Waals surface area contributed by atoms with Crippen LogP contribution in [0.25, 0.3) is 0 Å². The summed E-state index contributed by atoms with van der Waals surface area (Å²) < 4.78 is 0. The van der Waals surface area contributed by atoms with Gasteiger partial charge in [-0.1, -0.05) is 63.3 Å². The van der Waals surface area contributed by atoms with Crippen LogP contribution in [0.3, 0.4) is 0 Å². The number of carboxylic acids is 1. The number of hydrogen-bond acceptors (Lipinski definition) is 5. The maximum atomic E-state index is 12.6. The van der Waals surface area contributed by atoms with Gasteiger partial charge in [0.15, 0.2) is 0 Å². The van der Waals surface area contributed by atoms with E-state index in [9.17, 15) is 19.8 Å². The maximum absolute atomic E-state index is 12.6. The highest BCUT2D eigenvalue weighted by molar-refractivity contribution is 8.00. The number of carbonyl (C=O) groups excluding carboxylic acids is 1. The summed E-state index contributed by atoms with van der Waals surface area (Å²) in [6.07, 6.45) is 16.4. The Kier molecular flexibility index (Phi) is 14.9. The van der Waals surface area contributed by atoms with Crippen molar-refractivity contribution in [3.63, 3.8) is 0 Å². The van der Waals surface area contributed by atoms with Crippen LogP contribution in [-0.2, 0) is 9.59 Å². The second kappa shape index (κ2) is 16.6. The molecule has 1 rings (SSSR count). The molecule has 0 radical (unpaired) electrons. The molecule has 1 saturated carbocycles. The summed E-state index contributed by atoms with van der Waals surface area (Å²) in [5.41, 5.74) is 0. The molecule has 1 aliphatic carbocycles. The number of carboxylic acid groups (broad SMARTS) is 1. The topological polar surface area (TPSA) is 94.8 Å². The Labute approximate surface area is 186 Å². The first kappa shape index (κ1) is 26.9. The first-order valence-electron chi connectivity index (χ1n) is 11.5. The monoisotopic (exact) mass is 440 g/mol. The van der Waals surface area contributed by atoms with Crippen molar-refractivity contribution in [3.05, 3.63) is 24.3 Å². The predicted molar refractivity (Wildman–Crippen MR) is 124 cm³/mol. The highest BCUT2D eigenvalue weighted by Crippen LogP contribution is 2.40. The summed E-state index contributed by atoms with van der Waals surface area (Å²) in [6, 6.07) is 0. The van der Waals surface area contributed by atoms with Gasteiger partial charge in [-0.05, 0) is 31.6 Å². The van der Waals surface area contributed by atoms with Crippen molar-refractivity contribution < 1.29 is 24.9 Å². The van der Waals surface area contributed by atoms with Crippen molar-refractivity contribution in [2.45, 2.75) is 88.9 Å². The van der Waals surface area contributed by atoms with Crippen molar-refractivity contribution >= 4 is 23.5 Å². The fourth-order valence-corrected chi connectivity index (χ4v) is 5.16. The van der Waals surface area contributed by atoms with E-state index in [4.69, 9.17) is 5.11 Å². The molecule has 1 aliphatic rings. The van der Waals surface area contributed by atoms with E-state index in [-0.39, 0.29) is 30.1 Å². The number of hydrogen-bond donors (Lipinski definition) is 3. The molecule has 5 nitrogen and oxygen atoms in total. The van der Waals surface area contributed by atoms with Gasteiger partial charge in [0.25, 0.3) is 0 Å². The van der Waals surface area contributed by atoms with Crippen LogP contribution in [0.1, 0.15) is 77.6 Å². The summed E-state index contributed by atoms with van der Waals surface area (Å²) in [5, 5.41) is 28.2. The number of ketones is 1. The lowest BCUT2D eigenvalue weighted by Crippen LogP contribution is -2.18. The molecule has 0 heterocycles. The lowest BCUT2D eigenvalue weighted by molar-refractivity contribution is -0.137. The van der Waals surface area contributed by atoms with Gasteiger partial charge >= 0.3 is 5.97 Å². The molecular weight excluding hydrogens is 400 g/mol. The number of Topliss-reactive ketones (excluding diaryl/α,β-unsaturated/α-hetero) is 1. The van der Waals surface area contributed by atoms with Crippen LogP contribution >= 0.6 is 11.8 Å². The smallest absolute Gasteiger partial charge is 0.303 e. The van der Waals surface area contributed by atoms with Gasteiger partial charge in [0.05, 0.1) is 12.7 Å². The number of aliphatic carboxylic acids is 1. The van der Waals surface area contributed by atoms with Gasteiger partial charge in [-0.2, -0.15) is 11.8 Å². The number of aliphatic hydroxyl groups excluding tert-OH is 2. The number of aliphatic hydroxyl groups is 2. The summed E-state index contributed by atoms with van der Waals surface area (Å²) in [6.45, 7) is 2.26. The van der Waals surface area contributed by atoms with Gasteiger partial charge in [0, 0.05) is 29.8 Å². The third-order valence-electron chi connectivity index (χ3n) is 5.61. The van der Waals surface area contributed by atoms with Crippen LogP contribution in [0, 0.1) is 11.8 Å². The Morgan fingerprint density at radius 2 is 1.97 bits per heavy atom. The fourth-order valence-electron chi connectivity index (χ4n) is 3.97. The minimum Gasteiger partial charge on any atom is -0.481 e. The zero-order valence-electron chi connectivity index (χ0n) is 18.4. The predicted octanol–water partition coefficient (Wildman–Crippen LogP) is 4.76. The van der Waals surface area contributed by atoms with Crippen LogP contribution in [0.5, 0.6) is 0 Å². The molecule has 0 bridgehead atoms. The fraction of sp³-hybridized carbons (Fsp3) is 0.750. The van der Waals surface area contributed by atoms with Gasteiger partial charge < -0.3 is 15.3 Å². The number of unbranched alkanes of at least 4 members (excludes halogenated alkanes) is 5. The molecule has 1 unspecified atom stereocenters. The number of allylic oxidation sites excluding steroid dienone is 2. The Morgan fingerprint density at radius 3 is 2.67 bits per heavy atom. The van der Waals surface area contributed by atoms with E-state index in [2.05, 4.69) is 13.0 Å². The SMILES string of the molecule is CCCC/C=C/C(O)C/C=C/[C@H]1[C@H](SCCO)CC(=O)[C@@H]1CCCCCCC(=O)O. The molecule has 6 heteroatoms. The molecule has 0 aromatic carbocycles. The number of thioether (sulfide) groups is 1. The molecular formula is C24H40O5S. The minimum atomic E-state index is -0.752. The van der Waals surface area contributed by atoms with Crippen molar-refractivity contribution in [2.24, 2.45) is 11.8 Å². The Balaban J connectivity index is 2.56. The van der Waals surface area contributed by atoms with Gasteiger partial charge in [-0.15, -0.1) is 0 Å². The quantitative estimate of drug-likeness (QED) is 0.223. The van der Waals surface area contributed by atoms with E-state index in [1.165, 1.54) is 0 Å². The number of rotatable bonds is 17. The molecule has 172 valence electrons. The first-order chi connectivity index (χ1) is 14.5. The van der Waals surface area contributed by atoms with Crippen LogP contribution in [0.4, 0.5) is 0 Å². The van der Waals surface area contributed by atoms with E-state index in [1.54, 1.807) is 11.8 Å². The highest BCUT2D eigenvalue weighted by atomic mass is 32.2. The summed E-state index contributed by atoms with van der Waals surface area (Å²) >= 11 is 1.66. The molecule has 0 aromatic rings. The molecule has 0 spiro atoms. The molecule has 3 N–H and O–H groups in total. The Morgan fingerprint density at radius 1 is 1.20 bits per heavy atom. The zero-order valence-corrected chi connectivity index (χ0v) is 19.2. The molecule has 0 aliphatic heterocycles. The van der Waals surface area contributed by atoms with Crippen molar-refractivity contribution in [1.82, 2.24) is 0 Å². The largest absolute Gasteiger partial charge is 0.481 e. The minimum absolute atomic E-state index is 0.00541. The zero-order chi connectivity index (χ0) is 22.2. The van der Waals surface area contributed by atoms with E-state index in [0.29, 0.717) is 30.8 Å². The van der Waals surface area contributed by atoms with E-state index in [0.717, 1.165) is 44.9 Å². The molecule has 0 aromatic heterocycles. The van der Waals surface area contributed by atoms with Crippen LogP contribution in [-0.4, -0.2) is 50.8 Å². The maximum Gasteiger partial charge on any atom is 0.303 e. The average molecular weight is 441 g/mol. The summed E-state index contributed by atoms with van der Waals surface area (Å²) in [4.78, 5) is 23.2. The van der Waals surface area contributed by atoms with E-state index < -0.39 is 12.1 Å². The van der Waals surface area contributed by atoms with Crippen molar-refractivity contribution in [1.29, 1.82) is 0 Å². The first-order valence-corrected chi connectivity index (χ1v) is 12.5. The summed E-state index contributed by atoms with van der Waals surface area (Å²) in [7, 11) is 0. The van der Waals surface area contributed by atoms with Crippen molar-refractivity contribution in [2.75, 3.05) is 12.4 Å². The van der Waals surface area contributed by atoms with E-state index >= 15 is 0 Å². The second-order valence-corrected chi connectivity index (χ2v) is 9.48. The van der Waals surface area contributed by atoms with Gasteiger partial charge in [-0.25, -0.2) is 0 Å². The molecule has 30 heavy (non-hydrogen) atoms. The molecule has 0 amide bonds. The highest BCUT2D eigenvalue weighted by Gasteiger charge is 2.40. The lowest BCUT2D eigenvalue weighted by atomic mass is 9.89. The lowest BCUT2D eigenvalue weighted by Gasteiger charge is -2.20. The Bertz CT molecular complexity index is 546. The van der Waals surface area contributed by atoms with E-state index in [1.807, 2.05) is 18.2 Å². The van der Waals surface area contributed by atoms with Gasteiger partial charge in [0.1, 0.15) is 5.78 Å². The third kappa shape index (κ3) is 11.3. The van der Waals surface area contributed by atoms with Crippen molar-refractivity contribution in [3.8, 4) is 0 Å². The summed E-state index contributed by atoms with van der Waals surface area (Å²) in [5.74, 6) is 0.314. The average Bonchev–Trinajstić information content (AvgIpc) is 3.00. The normalized spacial score (nSPS) is 23.0. The second-order valence-electron chi connectivity index (χ2n) is 8.14. The standard InChI is InChI=1S/C24H40O5S/c1-2-3-4-7-11-19(26)12-10-14-21-20(13-8-5-6-9-15-24(28)29)22(27)18-23(21)30-17-16-25/h7,10-11,14,19-21,23,25-26H,2-6,8-9,12-13,15-18H2,1H3,(H,28,29)/b11-7+,14-10+/t19?,20-,21-,23-/m1/s1. The van der Waals surface area contributed by atoms with Gasteiger partial charge in [0.2, 0.25) is 0 Å². The molecule has 0 saturated heterocycles. The Hall–Kier alpha value is -1.11. The third-order valence-corrected chi connectivity index (χ3v) is 6.93. The van der Waals surface area contributed by atoms with Crippen LogP contribution in [0.2, 0.25) is 0 Å². The molecule has 1 fully saturated rings. The van der Waals surface area contributed by atoms with Crippen LogP contribution < -0.4 is 0 Å². The molecule has 4 atom stereocenters.